The first-order valence-electron chi connectivity index (χ1n) is 7.67. The van der Waals surface area contributed by atoms with Crippen molar-refractivity contribution in [2.45, 2.75) is 57.7 Å². The number of fused-ring (bicyclic) bond motifs is 3. The van der Waals surface area contributed by atoms with Gasteiger partial charge in [-0.25, -0.2) is 0 Å². The molecule has 0 spiro atoms. The Bertz CT molecular complexity index is 392. The standard InChI is InChI=1S/C16H25BrO2/c1-15(2)6-4-7-16(3)10-5-8-19-14(18)13(10)11(17)9-12(15)16/h10-13H,4-9H2,1-3H3/t10?,11-,12?,13+,16-/m1/s1. The van der Waals surface area contributed by atoms with Crippen molar-refractivity contribution in [2.75, 3.05) is 6.61 Å². The number of rotatable bonds is 0. The highest BCUT2D eigenvalue weighted by Gasteiger charge is 2.59. The van der Waals surface area contributed by atoms with Crippen molar-refractivity contribution in [3.05, 3.63) is 0 Å². The maximum absolute atomic E-state index is 12.2. The van der Waals surface area contributed by atoms with Crippen LogP contribution in [0.4, 0.5) is 0 Å². The lowest BCUT2D eigenvalue weighted by atomic mass is 9.46. The molecule has 2 unspecified atom stereocenters. The van der Waals surface area contributed by atoms with Crippen LogP contribution in [-0.4, -0.2) is 17.4 Å². The van der Waals surface area contributed by atoms with Gasteiger partial charge in [-0.3, -0.25) is 4.79 Å². The van der Waals surface area contributed by atoms with E-state index >= 15 is 0 Å². The summed E-state index contributed by atoms with van der Waals surface area (Å²) in [5.74, 6) is 1.37. The van der Waals surface area contributed by atoms with Crippen LogP contribution in [0.1, 0.15) is 52.9 Å². The molecule has 0 amide bonds. The molecule has 1 saturated heterocycles. The van der Waals surface area contributed by atoms with Crippen LogP contribution < -0.4 is 0 Å². The van der Waals surface area contributed by atoms with Crippen molar-refractivity contribution in [3.8, 4) is 0 Å². The topological polar surface area (TPSA) is 26.3 Å². The highest BCUT2D eigenvalue weighted by molar-refractivity contribution is 9.09. The second-order valence-electron chi connectivity index (χ2n) is 7.74. The van der Waals surface area contributed by atoms with Gasteiger partial charge in [0, 0.05) is 4.83 Å². The van der Waals surface area contributed by atoms with E-state index in [-0.39, 0.29) is 11.9 Å². The molecule has 2 aliphatic carbocycles. The first-order chi connectivity index (χ1) is 8.86. The quantitative estimate of drug-likeness (QED) is 0.493. The van der Waals surface area contributed by atoms with Crippen molar-refractivity contribution < 1.29 is 9.53 Å². The second kappa shape index (κ2) is 4.47. The average molecular weight is 329 g/mol. The number of hydrogen-bond donors (Lipinski definition) is 0. The molecule has 2 saturated carbocycles. The number of cyclic esters (lactones) is 1. The summed E-state index contributed by atoms with van der Waals surface area (Å²) in [6.07, 6.45) is 6.11. The third kappa shape index (κ3) is 1.99. The number of hydrogen-bond acceptors (Lipinski definition) is 2. The van der Waals surface area contributed by atoms with Gasteiger partial charge < -0.3 is 4.74 Å². The minimum absolute atomic E-state index is 0.0428. The van der Waals surface area contributed by atoms with Crippen LogP contribution in [-0.2, 0) is 9.53 Å². The Morgan fingerprint density at radius 3 is 2.74 bits per heavy atom. The zero-order valence-corrected chi connectivity index (χ0v) is 13.8. The first kappa shape index (κ1) is 13.9. The lowest BCUT2D eigenvalue weighted by molar-refractivity contribution is -0.175. The van der Waals surface area contributed by atoms with Crippen LogP contribution >= 0.6 is 15.9 Å². The van der Waals surface area contributed by atoms with E-state index < -0.39 is 0 Å². The van der Waals surface area contributed by atoms with E-state index in [0.717, 1.165) is 18.8 Å². The maximum atomic E-state index is 12.2. The largest absolute Gasteiger partial charge is 0.465 e. The van der Waals surface area contributed by atoms with E-state index in [1.54, 1.807) is 0 Å². The van der Waals surface area contributed by atoms with Crippen LogP contribution in [0, 0.1) is 28.6 Å². The molecule has 0 bridgehead atoms. The van der Waals surface area contributed by atoms with Gasteiger partial charge in [-0.1, -0.05) is 43.1 Å². The molecule has 3 aliphatic rings. The number of halogens is 1. The van der Waals surface area contributed by atoms with E-state index in [0.29, 0.717) is 28.2 Å². The van der Waals surface area contributed by atoms with Gasteiger partial charge in [-0.2, -0.15) is 0 Å². The van der Waals surface area contributed by atoms with Gasteiger partial charge >= 0.3 is 5.97 Å². The van der Waals surface area contributed by atoms with Crippen LogP contribution in [0.5, 0.6) is 0 Å². The molecule has 0 aromatic heterocycles. The third-order valence-electron chi connectivity index (χ3n) is 6.35. The molecule has 0 aromatic carbocycles. The predicted molar refractivity (Wildman–Crippen MR) is 79.1 cm³/mol. The van der Waals surface area contributed by atoms with Gasteiger partial charge in [0.1, 0.15) is 0 Å². The summed E-state index contributed by atoms with van der Waals surface area (Å²) in [6.45, 7) is 7.93. The summed E-state index contributed by atoms with van der Waals surface area (Å²) in [6, 6.07) is 0. The van der Waals surface area contributed by atoms with E-state index in [1.807, 2.05) is 0 Å². The first-order valence-corrected chi connectivity index (χ1v) is 8.58. The highest BCUT2D eigenvalue weighted by atomic mass is 79.9. The van der Waals surface area contributed by atoms with Crippen LogP contribution in [0.25, 0.3) is 0 Å². The summed E-state index contributed by atoms with van der Waals surface area (Å²) < 4.78 is 5.33. The van der Waals surface area contributed by atoms with Crippen molar-refractivity contribution >= 4 is 21.9 Å². The molecule has 3 rings (SSSR count). The third-order valence-corrected chi connectivity index (χ3v) is 7.30. The Morgan fingerprint density at radius 2 is 2.00 bits per heavy atom. The smallest absolute Gasteiger partial charge is 0.310 e. The minimum Gasteiger partial charge on any atom is -0.465 e. The monoisotopic (exact) mass is 328 g/mol. The fraction of sp³-hybridized carbons (Fsp3) is 0.938. The number of alkyl halides is 1. The predicted octanol–water partition coefficient (Wildman–Crippen LogP) is 4.17. The van der Waals surface area contributed by atoms with Gasteiger partial charge in [0.25, 0.3) is 0 Å². The molecule has 5 atom stereocenters. The summed E-state index contributed by atoms with van der Waals surface area (Å²) in [5.41, 5.74) is 0.738. The molecule has 108 valence electrons. The molecule has 3 heteroatoms. The summed E-state index contributed by atoms with van der Waals surface area (Å²) >= 11 is 3.81. The molecular formula is C16H25BrO2. The fourth-order valence-electron chi connectivity index (χ4n) is 5.44. The Labute approximate surface area is 124 Å². The SMILES string of the molecule is CC1(C)CCC[C@]2(C)C3CCOC(=O)[C@@H]3[C@H](Br)CC12. The molecule has 1 heterocycles. The van der Waals surface area contributed by atoms with Crippen molar-refractivity contribution in [1.29, 1.82) is 0 Å². The molecule has 2 nitrogen and oxygen atoms in total. The van der Waals surface area contributed by atoms with E-state index in [2.05, 4.69) is 36.7 Å². The Hall–Kier alpha value is -0.0500. The molecule has 0 N–H and O–H groups in total. The number of carbonyl (C=O) groups is 1. The number of carbonyl (C=O) groups excluding carboxylic acids is 1. The molecule has 19 heavy (non-hydrogen) atoms. The minimum atomic E-state index is 0.0428. The van der Waals surface area contributed by atoms with Crippen molar-refractivity contribution in [1.82, 2.24) is 0 Å². The Kier molecular flexibility index (Phi) is 3.28. The van der Waals surface area contributed by atoms with E-state index in [1.165, 1.54) is 19.3 Å². The van der Waals surface area contributed by atoms with Crippen LogP contribution in [0.3, 0.4) is 0 Å². The lowest BCUT2D eigenvalue weighted by Crippen LogP contribution is -2.58. The zero-order valence-electron chi connectivity index (χ0n) is 12.2. The highest BCUT2D eigenvalue weighted by Crippen LogP contribution is 2.63. The fourth-order valence-corrected chi connectivity index (χ4v) is 6.39. The second-order valence-corrected chi connectivity index (χ2v) is 8.92. The summed E-state index contributed by atoms with van der Waals surface area (Å²) in [7, 11) is 0. The summed E-state index contributed by atoms with van der Waals surface area (Å²) in [4.78, 5) is 12.5. The van der Waals surface area contributed by atoms with Crippen LogP contribution in [0.15, 0.2) is 0 Å². The number of esters is 1. The Morgan fingerprint density at radius 1 is 1.26 bits per heavy atom. The molecule has 3 fully saturated rings. The zero-order chi connectivity index (χ0) is 13.8. The van der Waals surface area contributed by atoms with Gasteiger partial charge in [0.15, 0.2) is 0 Å². The van der Waals surface area contributed by atoms with Gasteiger partial charge in [-0.15, -0.1) is 0 Å². The normalized spacial score (nSPS) is 48.9. The molecular weight excluding hydrogens is 304 g/mol. The Balaban J connectivity index is 1.99. The maximum Gasteiger partial charge on any atom is 0.310 e. The van der Waals surface area contributed by atoms with Gasteiger partial charge in [-0.05, 0) is 48.3 Å². The molecule has 0 radical (unpaired) electrons. The lowest BCUT2D eigenvalue weighted by Gasteiger charge is -2.61. The van der Waals surface area contributed by atoms with Gasteiger partial charge in [0.05, 0.1) is 12.5 Å². The van der Waals surface area contributed by atoms with Crippen molar-refractivity contribution in [3.63, 3.8) is 0 Å². The summed E-state index contributed by atoms with van der Waals surface area (Å²) in [5, 5.41) is 0. The average Bonchev–Trinajstić information content (AvgIpc) is 2.32. The van der Waals surface area contributed by atoms with Crippen molar-refractivity contribution in [2.24, 2.45) is 28.6 Å². The van der Waals surface area contributed by atoms with Gasteiger partial charge in [0.2, 0.25) is 0 Å². The number of ether oxygens (including phenoxy) is 1. The molecule has 0 aromatic rings. The van der Waals surface area contributed by atoms with E-state index in [9.17, 15) is 4.79 Å². The van der Waals surface area contributed by atoms with E-state index in [4.69, 9.17) is 4.74 Å². The van der Waals surface area contributed by atoms with Crippen LogP contribution in [0.2, 0.25) is 0 Å². The molecule has 1 aliphatic heterocycles.